The number of sulfone groups is 1. The number of anilines is 1. The van der Waals surface area contributed by atoms with E-state index in [9.17, 15) is 8.42 Å². The Hall–Kier alpha value is -1.14. The molecular formula is C17H27N3O2S. The highest BCUT2D eigenvalue weighted by molar-refractivity contribution is 7.90. The molecule has 3 heterocycles. The molecular weight excluding hydrogens is 310 g/mol. The van der Waals surface area contributed by atoms with Gasteiger partial charge in [-0.2, -0.15) is 0 Å². The molecule has 0 aliphatic carbocycles. The maximum atomic E-state index is 12.0. The van der Waals surface area contributed by atoms with Gasteiger partial charge in [-0.1, -0.05) is 12.8 Å². The van der Waals surface area contributed by atoms with Gasteiger partial charge in [0.05, 0.1) is 0 Å². The van der Waals surface area contributed by atoms with E-state index in [4.69, 9.17) is 0 Å². The monoisotopic (exact) mass is 337 g/mol. The minimum Gasteiger partial charge on any atom is -0.354 e. The van der Waals surface area contributed by atoms with Crippen LogP contribution in [0.15, 0.2) is 23.2 Å². The number of rotatable bonds is 3. The molecule has 23 heavy (non-hydrogen) atoms. The summed E-state index contributed by atoms with van der Waals surface area (Å²) >= 11 is 0. The van der Waals surface area contributed by atoms with Crippen molar-refractivity contribution in [1.82, 2.24) is 9.88 Å². The first-order chi connectivity index (χ1) is 11.1. The fraction of sp³-hybridized carbons (Fsp3) is 0.706. The zero-order valence-corrected chi connectivity index (χ0v) is 14.8. The van der Waals surface area contributed by atoms with Crippen molar-refractivity contribution < 1.29 is 8.42 Å². The normalized spacial score (nSPS) is 24.4. The maximum absolute atomic E-state index is 12.0. The summed E-state index contributed by atoms with van der Waals surface area (Å²) in [5.74, 6) is 0.634. The van der Waals surface area contributed by atoms with Crippen molar-refractivity contribution in [3.8, 4) is 0 Å². The van der Waals surface area contributed by atoms with Crippen molar-refractivity contribution in [3.05, 3.63) is 18.3 Å². The predicted octanol–water partition coefficient (Wildman–Crippen LogP) is 2.33. The van der Waals surface area contributed by atoms with E-state index in [0.717, 1.165) is 19.5 Å². The lowest BCUT2D eigenvalue weighted by Crippen LogP contribution is -2.48. The summed E-state index contributed by atoms with van der Waals surface area (Å²) in [5.41, 5.74) is 0. The first-order valence-electron chi connectivity index (χ1n) is 8.70. The van der Waals surface area contributed by atoms with E-state index >= 15 is 0 Å². The molecule has 1 aromatic heterocycles. The summed E-state index contributed by atoms with van der Waals surface area (Å²) < 4.78 is 24.1. The van der Waals surface area contributed by atoms with Crippen LogP contribution in [0.4, 0.5) is 5.82 Å². The summed E-state index contributed by atoms with van der Waals surface area (Å²) in [7, 11) is -3.25. The fourth-order valence-corrected chi connectivity index (χ4v) is 4.65. The van der Waals surface area contributed by atoms with E-state index in [-0.39, 0.29) is 0 Å². The van der Waals surface area contributed by atoms with Gasteiger partial charge in [-0.05, 0) is 50.9 Å². The second-order valence-electron chi connectivity index (χ2n) is 6.79. The lowest BCUT2D eigenvalue weighted by Gasteiger charge is -2.40. The number of likely N-dealkylation sites (tertiary alicyclic amines) is 1. The molecule has 0 N–H and O–H groups in total. The van der Waals surface area contributed by atoms with Crippen molar-refractivity contribution in [1.29, 1.82) is 0 Å². The van der Waals surface area contributed by atoms with E-state index < -0.39 is 9.84 Å². The predicted molar refractivity (Wildman–Crippen MR) is 92.6 cm³/mol. The van der Waals surface area contributed by atoms with E-state index in [1.54, 1.807) is 18.3 Å². The molecule has 2 aliphatic heterocycles. The average Bonchev–Trinajstić information content (AvgIpc) is 2.83. The number of piperidine rings is 1. The Morgan fingerprint density at radius 3 is 2.52 bits per heavy atom. The molecule has 0 spiro atoms. The lowest BCUT2D eigenvalue weighted by atomic mass is 10.0. The molecule has 1 aromatic rings. The molecule has 2 fully saturated rings. The Morgan fingerprint density at radius 2 is 1.83 bits per heavy atom. The molecule has 1 atom stereocenters. The molecule has 0 radical (unpaired) electrons. The number of aromatic nitrogens is 1. The zero-order valence-electron chi connectivity index (χ0n) is 13.9. The molecule has 6 heteroatoms. The van der Waals surface area contributed by atoms with Gasteiger partial charge in [0, 0.05) is 31.6 Å². The topological polar surface area (TPSA) is 53.5 Å². The Labute approximate surface area is 139 Å². The van der Waals surface area contributed by atoms with Crippen LogP contribution in [-0.4, -0.2) is 56.8 Å². The maximum Gasteiger partial charge on any atom is 0.179 e. The van der Waals surface area contributed by atoms with Gasteiger partial charge in [-0.25, -0.2) is 13.4 Å². The molecule has 3 rings (SSSR count). The van der Waals surface area contributed by atoms with Gasteiger partial charge < -0.3 is 4.90 Å². The molecule has 2 aliphatic rings. The Bertz CT molecular complexity index is 624. The molecule has 0 saturated carbocycles. The van der Waals surface area contributed by atoms with Crippen molar-refractivity contribution in [2.75, 3.05) is 37.3 Å². The van der Waals surface area contributed by atoms with E-state index in [1.165, 1.54) is 51.4 Å². The quantitative estimate of drug-likeness (QED) is 0.847. The van der Waals surface area contributed by atoms with Crippen LogP contribution in [0, 0.1) is 0 Å². The minimum absolute atomic E-state index is 0.358. The van der Waals surface area contributed by atoms with Crippen molar-refractivity contribution in [2.45, 2.75) is 49.5 Å². The number of hydrogen-bond donors (Lipinski definition) is 0. The van der Waals surface area contributed by atoms with Crippen LogP contribution < -0.4 is 4.90 Å². The van der Waals surface area contributed by atoms with Crippen LogP contribution in [0.1, 0.15) is 38.5 Å². The van der Waals surface area contributed by atoms with Gasteiger partial charge in [0.25, 0.3) is 0 Å². The molecule has 0 aromatic carbocycles. The first-order valence-corrected chi connectivity index (χ1v) is 10.6. The second-order valence-corrected chi connectivity index (χ2v) is 8.77. The molecule has 128 valence electrons. The third-order valence-corrected chi connectivity index (χ3v) is 6.12. The van der Waals surface area contributed by atoms with E-state index in [1.807, 2.05) is 0 Å². The largest absolute Gasteiger partial charge is 0.354 e. The van der Waals surface area contributed by atoms with Crippen molar-refractivity contribution in [2.24, 2.45) is 0 Å². The van der Waals surface area contributed by atoms with Gasteiger partial charge >= 0.3 is 0 Å². The lowest BCUT2D eigenvalue weighted by molar-refractivity contribution is 0.181. The smallest absolute Gasteiger partial charge is 0.179 e. The van der Waals surface area contributed by atoms with Crippen LogP contribution in [-0.2, 0) is 9.84 Å². The summed E-state index contributed by atoms with van der Waals surface area (Å²) in [6.45, 7) is 4.14. The molecule has 1 unspecified atom stereocenters. The number of hydrogen-bond acceptors (Lipinski definition) is 5. The van der Waals surface area contributed by atoms with Crippen LogP contribution in [0.3, 0.4) is 0 Å². The summed E-state index contributed by atoms with van der Waals surface area (Å²) in [6, 6.07) is 3.90. The number of nitrogens with zero attached hydrogens (tertiary/aromatic N) is 3. The van der Waals surface area contributed by atoms with Gasteiger partial charge in [-0.3, -0.25) is 4.90 Å². The SMILES string of the molecule is CS(=O)(=O)c1cccnc1N1CCCC(N2CCCCCC2)C1. The molecule has 0 amide bonds. The fourth-order valence-electron chi connectivity index (χ4n) is 3.81. The summed E-state index contributed by atoms with van der Waals surface area (Å²) in [4.78, 5) is 9.54. The highest BCUT2D eigenvalue weighted by Gasteiger charge is 2.28. The second kappa shape index (κ2) is 7.18. The zero-order chi connectivity index (χ0) is 16.3. The standard InChI is InChI=1S/C17H27N3O2S/c1-23(21,22)16-9-6-10-18-17(16)20-13-7-8-15(14-20)19-11-4-2-3-5-12-19/h6,9-10,15H,2-5,7-8,11-14H2,1H3. The minimum atomic E-state index is -3.25. The number of pyridine rings is 1. The van der Waals surface area contributed by atoms with Crippen LogP contribution in [0.25, 0.3) is 0 Å². The Morgan fingerprint density at radius 1 is 1.09 bits per heavy atom. The average molecular weight is 337 g/mol. The summed E-state index contributed by atoms with van der Waals surface area (Å²) in [6.07, 6.45) is 10.5. The highest BCUT2D eigenvalue weighted by Crippen LogP contribution is 2.27. The first kappa shape index (κ1) is 16.7. The third-order valence-electron chi connectivity index (χ3n) is 5.00. The highest BCUT2D eigenvalue weighted by atomic mass is 32.2. The van der Waals surface area contributed by atoms with Crippen LogP contribution in [0.2, 0.25) is 0 Å². The molecule has 2 saturated heterocycles. The van der Waals surface area contributed by atoms with Crippen molar-refractivity contribution in [3.63, 3.8) is 0 Å². The van der Waals surface area contributed by atoms with Gasteiger partial charge in [0.1, 0.15) is 10.7 Å². The molecule has 5 nitrogen and oxygen atoms in total. The summed E-state index contributed by atoms with van der Waals surface area (Å²) in [5, 5.41) is 0. The Kier molecular flexibility index (Phi) is 5.21. The van der Waals surface area contributed by atoms with E-state index in [0.29, 0.717) is 16.8 Å². The van der Waals surface area contributed by atoms with Crippen molar-refractivity contribution >= 4 is 15.7 Å². The van der Waals surface area contributed by atoms with E-state index in [2.05, 4.69) is 14.8 Å². The van der Waals surface area contributed by atoms with Crippen LogP contribution >= 0.6 is 0 Å². The Balaban J connectivity index is 1.79. The van der Waals surface area contributed by atoms with Gasteiger partial charge in [-0.15, -0.1) is 0 Å². The van der Waals surface area contributed by atoms with Gasteiger partial charge in [0.15, 0.2) is 9.84 Å². The third kappa shape index (κ3) is 4.04. The van der Waals surface area contributed by atoms with Crippen LogP contribution in [0.5, 0.6) is 0 Å². The van der Waals surface area contributed by atoms with Gasteiger partial charge in [0.2, 0.25) is 0 Å². The molecule has 0 bridgehead atoms.